The van der Waals surface area contributed by atoms with Crippen molar-refractivity contribution in [2.75, 3.05) is 46.6 Å². The van der Waals surface area contributed by atoms with Crippen LogP contribution in [0.5, 0.6) is 0 Å². The molecule has 0 spiro atoms. The minimum Gasteiger partial charge on any atom is -0.480 e. The number of aliphatic hydroxyl groups excluding tert-OH is 7. The maximum atomic E-state index is 14.5. The molecule has 0 radical (unpaired) electrons. The quantitative estimate of drug-likeness (QED) is 0.0251. The molecular weight excluding hydrogens is 1800 g/mol. The summed E-state index contributed by atoms with van der Waals surface area (Å²) >= 11 is 0. The van der Waals surface area contributed by atoms with Crippen molar-refractivity contribution in [3.05, 3.63) is 0 Å². The molecule has 14 amide bonds. The van der Waals surface area contributed by atoms with Crippen molar-refractivity contribution in [1.82, 2.24) is 74.4 Å². The Hall–Kier alpha value is -10.3. The third-order valence-corrected chi connectivity index (χ3v) is 21.6. The van der Waals surface area contributed by atoms with E-state index < -0.39 is 354 Å². The molecule has 4 aliphatic rings. The third kappa shape index (κ3) is 35.4. The van der Waals surface area contributed by atoms with Crippen LogP contribution >= 0.6 is 0 Å². The highest BCUT2D eigenvalue weighted by Crippen LogP contribution is 2.37. The van der Waals surface area contributed by atoms with E-state index in [1.165, 1.54) is 27.7 Å². The molecule has 0 aromatic carbocycles. The second-order valence-corrected chi connectivity index (χ2v) is 32.5. The lowest BCUT2D eigenvalue weighted by molar-refractivity contribution is -0.366. The first-order valence-electron chi connectivity index (χ1n) is 43.2. The largest absolute Gasteiger partial charge is 0.480 e. The highest BCUT2D eigenvalue weighted by atomic mass is 16.8. The van der Waals surface area contributed by atoms with Crippen LogP contribution in [-0.2, 0) is 134 Å². The number of carboxylic acid groups (broad SMARTS) is 4. The van der Waals surface area contributed by atoms with Gasteiger partial charge in [0.1, 0.15) is 170 Å². The summed E-state index contributed by atoms with van der Waals surface area (Å²) in [5.41, 5.74) is 11.3. The Bertz CT molecular complexity index is 3980. The molecule has 4 heterocycles. The van der Waals surface area contributed by atoms with Gasteiger partial charge in [0.05, 0.1) is 26.4 Å². The number of carbonyl (C=O) groups excluding carboxylic acids is 14. The van der Waals surface area contributed by atoms with Gasteiger partial charge in [-0.2, -0.15) is 0 Å². The van der Waals surface area contributed by atoms with Crippen LogP contribution in [0.1, 0.15) is 147 Å². The van der Waals surface area contributed by atoms with Crippen molar-refractivity contribution >= 4 is 107 Å². The second-order valence-electron chi connectivity index (χ2n) is 32.5. The number of hydrogen-bond donors (Lipinski definition) is 27. The normalized spacial score (nSPS) is 27.7. The van der Waals surface area contributed by atoms with E-state index in [1.54, 1.807) is 0 Å². The molecule has 0 aliphatic carbocycles. The Balaban J connectivity index is 1.69. The zero-order chi connectivity index (χ0) is 101. The number of ether oxygens (including phenoxy) is 10. The van der Waals surface area contributed by atoms with E-state index in [2.05, 4.69) is 74.4 Å². The van der Waals surface area contributed by atoms with Crippen molar-refractivity contribution in [2.45, 2.75) is 342 Å². The lowest BCUT2D eigenvalue weighted by atomic mass is 9.92. The van der Waals surface area contributed by atoms with Crippen LogP contribution in [-0.4, -0.2) is 405 Å². The van der Waals surface area contributed by atoms with E-state index in [4.69, 9.17) is 58.8 Å². The number of carboxylic acids is 4. The monoisotopic (exact) mass is 1930 g/mol. The standard InChI is InChI=1S/C79H132N16O39/c1-30(64(109)86-34(5)72(117)118)84-70(115)42(18-14-16-24-80)92-50(104)22-20-44(74(121)122)94-66(111)32(3)82-68(113)36(7)126-62-54(90-40(11)102)76(125-13)129-48(28-98)60(62)134-78-53(89-39(10)101)58(108)59(47(27-97)130-78)132-79-55(91-41(12)103)63(61(49(29-99)131-79)133-77-52(88-38(9)100)57(107)56(106)46(26-96)128-77)127-37(8)69(114)83-33(4)67(112)95-45(75(123)124)21-23-51(105)93-43(19-15-17-25-81)71(116)85-31(2)65(110)87-35(6)73(119)120/h30-37,42-49,52-63,76-79,96-99,106-108H,14-29,80-81H2,1-13H3,(H,82,113)(H,83,114)(H,84,115)(H,85,116)(H,86,109)(H,87,110)(H,88,100)(H,89,101)(H,90,102)(H,91,103)(H,92,104)(H,93,105)(H,94,111)(H,95,112)(H,117,118)(H,119,120)(H,121,122)(H,123,124)/t30-,31-,32+,33+,34-,35-,36-,37-,42+,43+,44-,45-,46-,47-,48-,49-,52-,53-,54-,55-,56-,57-,58-,59-,60-,61-,62-,63-,76-,77+,78+,79+/m1/s1. The van der Waals surface area contributed by atoms with Crippen LogP contribution in [0, 0.1) is 0 Å². The van der Waals surface area contributed by atoms with E-state index in [1.807, 2.05) is 0 Å². The van der Waals surface area contributed by atoms with Gasteiger partial charge in [0.15, 0.2) is 25.2 Å². The maximum Gasteiger partial charge on any atom is 0.326 e. The summed E-state index contributed by atoms with van der Waals surface area (Å²) in [5, 5.41) is 151. The van der Waals surface area contributed by atoms with Crippen LogP contribution in [0.4, 0.5) is 0 Å². The van der Waals surface area contributed by atoms with Gasteiger partial charge in [-0.05, 0) is 120 Å². The summed E-state index contributed by atoms with van der Waals surface area (Å²) in [4.78, 5) is 236. The molecule has 55 heteroatoms. The van der Waals surface area contributed by atoms with E-state index in [0.29, 0.717) is 19.3 Å². The van der Waals surface area contributed by atoms with Crippen molar-refractivity contribution in [2.24, 2.45) is 11.5 Å². The number of aliphatic carboxylic acids is 4. The summed E-state index contributed by atoms with van der Waals surface area (Å²) in [6.45, 7) is 9.18. The predicted molar refractivity (Wildman–Crippen MR) is 450 cm³/mol. The van der Waals surface area contributed by atoms with Crippen LogP contribution < -0.4 is 85.9 Å². The molecule has 29 N–H and O–H groups in total. The Morgan fingerprint density at radius 3 is 0.933 bits per heavy atom. The Kier molecular flexibility index (Phi) is 48.7. The molecular formula is C79H132N16O39. The van der Waals surface area contributed by atoms with Crippen LogP contribution in [0.15, 0.2) is 0 Å². The number of nitrogens with two attached hydrogens (primary N) is 2. The molecule has 762 valence electrons. The number of methoxy groups -OCH3 is 1. The lowest BCUT2D eigenvalue weighted by Gasteiger charge is -2.52. The molecule has 0 saturated carbocycles. The molecule has 32 atom stereocenters. The average molecular weight is 1930 g/mol. The fourth-order valence-corrected chi connectivity index (χ4v) is 14.3. The Morgan fingerprint density at radius 2 is 0.604 bits per heavy atom. The smallest absolute Gasteiger partial charge is 0.326 e. The van der Waals surface area contributed by atoms with Crippen LogP contribution in [0.25, 0.3) is 0 Å². The van der Waals surface area contributed by atoms with Gasteiger partial charge >= 0.3 is 23.9 Å². The highest BCUT2D eigenvalue weighted by Gasteiger charge is 2.59. The first-order chi connectivity index (χ1) is 62.9. The number of carbonyl (C=O) groups is 18. The predicted octanol–water partition coefficient (Wildman–Crippen LogP) is -12.6. The minimum atomic E-state index is -2.26. The third-order valence-electron chi connectivity index (χ3n) is 21.6. The SMILES string of the molecule is CO[C@@H]1O[C@H](CO)[C@@H](O[C@@H]2O[C@H](CO)[C@@H](O[C@@H]3O[C@H](CO)[C@@H](O[C@@H]4O[C@H](CO)[C@@H](O)[C@H](O)[C@H]4NC(C)=O)[C@H](O[C@H](C)C(=O)N[C@@H](C)C(=O)N[C@H](CCC(=O)N[C@@H](CCCCN)C(=O)N[C@H](C)C(=O)N[C@H](C)C(=O)O)C(=O)O)[C@H]3NC(C)=O)[C@H](O)[C@H]2NC(C)=O)[C@H](O[C@H](C)C(=O)N[C@@H](C)C(=O)N[C@H](CCC(=O)N[C@@H](CCCCN)C(=O)N[C@H](C)C(=O)N[C@H](C)C(=O)O)C(=O)O)[C@H]1NC(C)=O. The van der Waals surface area contributed by atoms with Gasteiger partial charge in [0.25, 0.3) is 0 Å². The van der Waals surface area contributed by atoms with Gasteiger partial charge in [-0.1, -0.05) is 0 Å². The van der Waals surface area contributed by atoms with Gasteiger partial charge in [-0.25, -0.2) is 9.59 Å². The van der Waals surface area contributed by atoms with E-state index in [0.717, 1.165) is 62.5 Å². The fourth-order valence-electron chi connectivity index (χ4n) is 14.3. The molecule has 4 saturated heterocycles. The molecule has 4 rings (SSSR count). The number of rotatable bonds is 55. The van der Waals surface area contributed by atoms with Gasteiger partial charge in [-0.3, -0.25) is 76.7 Å². The topological polar surface area (TPSA) is 843 Å². The van der Waals surface area contributed by atoms with Gasteiger partial charge < -0.3 is 189 Å². The fraction of sp³-hybridized carbons (Fsp3) is 0.772. The van der Waals surface area contributed by atoms with Crippen molar-refractivity contribution < 1.29 is 190 Å². The molecule has 0 bridgehead atoms. The molecule has 134 heavy (non-hydrogen) atoms. The van der Waals surface area contributed by atoms with E-state index in [9.17, 15) is 142 Å². The molecule has 55 nitrogen and oxygen atoms in total. The number of aliphatic hydroxyl groups is 7. The zero-order valence-electron chi connectivity index (χ0n) is 76.3. The van der Waals surface area contributed by atoms with Gasteiger partial charge in [-0.15, -0.1) is 0 Å². The molecule has 0 aromatic rings. The lowest BCUT2D eigenvalue weighted by Crippen LogP contribution is -2.72. The summed E-state index contributed by atoms with van der Waals surface area (Å²) < 4.78 is 62.1. The first kappa shape index (κ1) is 116. The highest BCUT2D eigenvalue weighted by molar-refractivity contribution is 5.96. The van der Waals surface area contributed by atoms with Gasteiger partial charge in [0.2, 0.25) is 82.7 Å². The Morgan fingerprint density at radius 1 is 0.313 bits per heavy atom. The maximum absolute atomic E-state index is 14.5. The summed E-state index contributed by atoms with van der Waals surface area (Å²) in [5.74, 6) is -19.6. The summed E-state index contributed by atoms with van der Waals surface area (Å²) in [6, 6.07) is -22.2. The number of hydrogen-bond acceptors (Lipinski definition) is 37. The molecule has 4 fully saturated rings. The molecule has 0 aromatic heterocycles. The number of nitrogens with one attached hydrogen (secondary N) is 14. The minimum absolute atomic E-state index is 0.00757. The van der Waals surface area contributed by atoms with Crippen molar-refractivity contribution in [1.29, 1.82) is 0 Å². The summed E-state index contributed by atoms with van der Waals surface area (Å²) in [7, 11) is 1.11. The average Bonchev–Trinajstić information content (AvgIpc) is 0.752. The second kappa shape index (κ2) is 56.3. The van der Waals surface area contributed by atoms with Crippen LogP contribution in [0.2, 0.25) is 0 Å². The Labute approximate surface area is 768 Å². The molecule has 0 unspecified atom stereocenters. The number of amides is 14. The van der Waals surface area contributed by atoms with Crippen molar-refractivity contribution in [3.8, 4) is 0 Å². The summed E-state index contributed by atoms with van der Waals surface area (Å²) in [6.07, 6.45) is -36.0. The van der Waals surface area contributed by atoms with Gasteiger partial charge in [0, 0.05) is 47.6 Å². The van der Waals surface area contributed by atoms with Crippen LogP contribution in [0.3, 0.4) is 0 Å². The number of unbranched alkanes of at least 4 members (excludes halogenated alkanes) is 2. The van der Waals surface area contributed by atoms with E-state index >= 15 is 0 Å². The van der Waals surface area contributed by atoms with E-state index in [-0.39, 0.29) is 32.4 Å². The first-order valence-corrected chi connectivity index (χ1v) is 43.2. The van der Waals surface area contributed by atoms with Crippen molar-refractivity contribution in [3.63, 3.8) is 0 Å². The molecule has 4 aliphatic heterocycles. The zero-order valence-corrected chi connectivity index (χ0v) is 76.3.